The van der Waals surface area contributed by atoms with Gasteiger partial charge in [-0.05, 0) is 55.5 Å². The number of anilines is 2. The average Bonchev–Trinajstić information content (AvgIpc) is 3.40. The first kappa shape index (κ1) is 20.4. The van der Waals surface area contributed by atoms with Crippen LogP contribution in [0.25, 0.3) is 11.3 Å². The van der Waals surface area contributed by atoms with Gasteiger partial charge < -0.3 is 19.6 Å². The summed E-state index contributed by atoms with van der Waals surface area (Å²) >= 11 is 6.11. The Balaban J connectivity index is 1.53. The fourth-order valence-corrected chi connectivity index (χ4v) is 3.22. The Hall–Kier alpha value is -3.91. The lowest BCUT2D eigenvalue weighted by Gasteiger charge is -2.09. The van der Waals surface area contributed by atoms with Gasteiger partial charge >= 0.3 is 0 Å². The number of aromatic nitrogens is 1. The predicted octanol–water partition coefficient (Wildman–Crippen LogP) is 5.54. The topological polar surface area (TPSA) is 97.4 Å². The fraction of sp³-hybridized carbons (Fsp3) is 0.0455. The molecule has 9 heteroatoms. The summed E-state index contributed by atoms with van der Waals surface area (Å²) < 4.78 is 24.5. The van der Waals surface area contributed by atoms with Gasteiger partial charge in [-0.1, -0.05) is 22.8 Å². The van der Waals surface area contributed by atoms with Crippen LogP contribution < -0.4 is 10.6 Å². The predicted molar refractivity (Wildman–Crippen MR) is 113 cm³/mol. The van der Waals surface area contributed by atoms with Crippen LogP contribution in [0.3, 0.4) is 0 Å². The van der Waals surface area contributed by atoms with E-state index < -0.39 is 17.6 Å². The van der Waals surface area contributed by atoms with E-state index in [9.17, 15) is 14.0 Å². The Labute approximate surface area is 180 Å². The van der Waals surface area contributed by atoms with Crippen molar-refractivity contribution in [1.29, 1.82) is 0 Å². The van der Waals surface area contributed by atoms with Gasteiger partial charge in [-0.15, -0.1) is 0 Å². The molecule has 2 amide bonds. The molecule has 0 radical (unpaired) electrons. The van der Waals surface area contributed by atoms with Crippen LogP contribution in [0.1, 0.15) is 26.7 Å². The van der Waals surface area contributed by atoms with Gasteiger partial charge in [0.15, 0.2) is 5.76 Å². The van der Waals surface area contributed by atoms with Crippen LogP contribution in [0.4, 0.5) is 15.8 Å². The number of carbonyl (C=O) groups is 2. The Morgan fingerprint density at radius 3 is 2.26 bits per heavy atom. The Bertz CT molecular complexity index is 1230. The lowest BCUT2D eigenvalue weighted by Crippen LogP contribution is -2.14. The molecule has 0 aliphatic heterocycles. The van der Waals surface area contributed by atoms with Crippen molar-refractivity contribution in [2.75, 3.05) is 10.6 Å². The highest BCUT2D eigenvalue weighted by Gasteiger charge is 2.25. The Morgan fingerprint density at radius 2 is 1.65 bits per heavy atom. The van der Waals surface area contributed by atoms with E-state index in [1.54, 1.807) is 43.3 Å². The molecule has 7 nitrogen and oxygen atoms in total. The van der Waals surface area contributed by atoms with Gasteiger partial charge in [-0.2, -0.15) is 0 Å². The molecule has 0 unspecified atom stereocenters. The standard InChI is InChI=1S/C22H15ClFN3O4/c1-12-18(20(27-31-12)19-15(23)4-2-5-16(19)24)22(29)26-14-9-7-13(8-10-14)25-21(28)17-6-3-11-30-17/h2-11H,1H3,(H,25,28)(H,26,29). The number of halogens is 2. The van der Waals surface area contributed by atoms with Crippen molar-refractivity contribution < 1.29 is 22.9 Å². The number of carbonyl (C=O) groups excluding carboxylic acids is 2. The van der Waals surface area contributed by atoms with Gasteiger partial charge in [0.2, 0.25) is 0 Å². The monoisotopic (exact) mass is 439 g/mol. The first-order chi connectivity index (χ1) is 14.9. The van der Waals surface area contributed by atoms with Crippen molar-refractivity contribution >= 4 is 34.8 Å². The molecule has 4 rings (SSSR count). The van der Waals surface area contributed by atoms with Gasteiger partial charge in [0.25, 0.3) is 11.8 Å². The second-order valence-corrected chi connectivity index (χ2v) is 6.93. The third-order valence-electron chi connectivity index (χ3n) is 4.43. The first-order valence-corrected chi connectivity index (χ1v) is 9.49. The molecule has 0 aliphatic carbocycles. The SMILES string of the molecule is Cc1onc(-c2c(F)cccc2Cl)c1C(=O)Nc1ccc(NC(=O)c2ccco2)cc1. The van der Waals surface area contributed by atoms with E-state index in [2.05, 4.69) is 15.8 Å². The summed E-state index contributed by atoms with van der Waals surface area (Å²) in [5, 5.41) is 9.32. The summed E-state index contributed by atoms with van der Waals surface area (Å²) in [7, 11) is 0. The molecule has 31 heavy (non-hydrogen) atoms. The van der Waals surface area contributed by atoms with E-state index in [1.807, 2.05) is 0 Å². The van der Waals surface area contributed by atoms with E-state index in [1.165, 1.54) is 24.5 Å². The average molecular weight is 440 g/mol. The van der Waals surface area contributed by atoms with Crippen molar-refractivity contribution in [3.8, 4) is 11.3 Å². The fourth-order valence-electron chi connectivity index (χ4n) is 2.97. The van der Waals surface area contributed by atoms with Crippen LogP contribution in [-0.4, -0.2) is 17.0 Å². The van der Waals surface area contributed by atoms with Crippen molar-refractivity contribution in [1.82, 2.24) is 5.16 Å². The summed E-state index contributed by atoms with van der Waals surface area (Å²) in [6.07, 6.45) is 1.41. The number of hydrogen-bond acceptors (Lipinski definition) is 5. The van der Waals surface area contributed by atoms with Gasteiger partial charge in [-0.25, -0.2) is 4.39 Å². The highest BCUT2D eigenvalue weighted by molar-refractivity contribution is 6.33. The molecule has 0 bridgehead atoms. The van der Waals surface area contributed by atoms with E-state index in [0.717, 1.165) is 0 Å². The molecule has 156 valence electrons. The van der Waals surface area contributed by atoms with Crippen molar-refractivity contribution in [2.24, 2.45) is 0 Å². The third kappa shape index (κ3) is 4.19. The molecular weight excluding hydrogens is 425 g/mol. The van der Waals surface area contributed by atoms with Crippen LogP contribution >= 0.6 is 11.6 Å². The minimum Gasteiger partial charge on any atom is -0.459 e. The van der Waals surface area contributed by atoms with E-state index in [4.69, 9.17) is 20.5 Å². The summed E-state index contributed by atoms with van der Waals surface area (Å²) in [6.45, 7) is 1.55. The summed E-state index contributed by atoms with van der Waals surface area (Å²) in [5.74, 6) is -1.16. The van der Waals surface area contributed by atoms with Gasteiger partial charge in [-0.3, -0.25) is 9.59 Å². The Kier molecular flexibility index (Phi) is 5.55. The second kappa shape index (κ2) is 8.45. The van der Waals surface area contributed by atoms with E-state index >= 15 is 0 Å². The van der Waals surface area contributed by atoms with E-state index in [-0.39, 0.29) is 33.4 Å². The number of furan rings is 1. The zero-order valence-corrected chi connectivity index (χ0v) is 16.9. The number of amides is 2. The minimum atomic E-state index is -0.619. The molecule has 2 N–H and O–H groups in total. The molecular formula is C22H15ClFN3O4. The number of rotatable bonds is 5. The molecule has 0 saturated heterocycles. The van der Waals surface area contributed by atoms with Crippen molar-refractivity contribution in [3.63, 3.8) is 0 Å². The lowest BCUT2D eigenvalue weighted by molar-refractivity contribution is 0.0994. The van der Waals surface area contributed by atoms with Crippen molar-refractivity contribution in [2.45, 2.75) is 6.92 Å². The summed E-state index contributed by atoms with van der Waals surface area (Å²) in [4.78, 5) is 24.9. The van der Waals surface area contributed by atoms with Crippen molar-refractivity contribution in [3.05, 3.63) is 88.8 Å². The minimum absolute atomic E-state index is 0.0119. The van der Waals surface area contributed by atoms with Crippen LogP contribution in [0, 0.1) is 12.7 Å². The van der Waals surface area contributed by atoms with E-state index in [0.29, 0.717) is 11.4 Å². The number of nitrogens with one attached hydrogen (secondary N) is 2. The summed E-state index contributed by atoms with van der Waals surface area (Å²) in [6, 6.07) is 13.8. The first-order valence-electron chi connectivity index (χ1n) is 9.11. The Morgan fingerprint density at radius 1 is 0.968 bits per heavy atom. The normalized spacial score (nSPS) is 10.7. The quantitative estimate of drug-likeness (QED) is 0.425. The van der Waals surface area contributed by atoms with Crippen LogP contribution in [0.2, 0.25) is 5.02 Å². The molecule has 0 fully saturated rings. The lowest BCUT2D eigenvalue weighted by atomic mass is 10.0. The molecule has 0 aliphatic rings. The molecule has 2 heterocycles. The largest absolute Gasteiger partial charge is 0.459 e. The number of benzene rings is 2. The van der Waals surface area contributed by atoms with Crippen LogP contribution in [0.5, 0.6) is 0 Å². The zero-order valence-electron chi connectivity index (χ0n) is 16.1. The number of nitrogens with zero attached hydrogens (tertiary/aromatic N) is 1. The smallest absolute Gasteiger partial charge is 0.291 e. The molecule has 4 aromatic rings. The van der Waals surface area contributed by atoms with Gasteiger partial charge in [0.1, 0.15) is 22.8 Å². The molecule has 0 spiro atoms. The zero-order chi connectivity index (χ0) is 22.0. The maximum absolute atomic E-state index is 14.3. The van der Waals surface area contributed by atoms with Gasteiger partial charge in [0, 0.05) is 11.4 Å². The maximum atomic E-state index is 14.3. The number of hydrogen-bond donors (Lipinski definition) is 2. The molecule has 2 aromatic heterocycles. The number of aryl methyl sites for hydroxylation is 1. The highest BCUT2D eigenvalue weighted by Crippen LogP contribution is 2.33. The van der Waals surface area contributed by atoms with Crippen LogP contribution in [0.15, 0.2) is 69.8 Å². The molecule has 0 atom stereocenters. The molecule has 2 aromatic carbocycles. The third-order valence-corrected chi connectivity index (χ3v) is 4.75. The van der Waals surface area contributed by atoms with Gasteiger partial charge in [0.05, 0.1) is 16.8 Å². The maximum Gasteiger partial charge on any atom is 0.291 e. The molecule has 0 saturated carbocycles. The summed E-state index contributed by atoms with van der Waals surface area (Å²) in [5.41, 5.74) is 1.04. The second-order valence-electron chi connectivity index (χ2n) is 6.52. The van der Waals surface area contributed by atoms with Crippen LogP contribution in [-0.2, 0) is 0 Å². The highest BCUT2D eigenvalue weighted by atomic mass is 35.5.